The smallest absolute Gasteiger partial charge is 0.284 e. The predicted octanol–water partition coefficient (Wildman–Crippen LogP) is 3.18. The van der Waals surface area contributed by atoms with E-state index in [1.54, 1.807) is 0 Å². The van der Waals surface area contributed by atoms with Crippen LogP contribution in [0.1, 0.15) is 0 Å². The normalized spacial score (nSPS) is 9.61. The summed E-state index contributed by atoms with van der Waals surface area (Å²) >= 11 is 10.6. The lowest BCUT2D eigenvalue weighted by Crippen LogP contribution is -2.08. The van der Waals surface area contributed by atoms with Gasteiger partial charge in [-0.05, 0) is 12.1 Å². The van der Waals surface area contributed by atoms with Crippen LogP contribution in [0.4, 0.5) is 13.2 Å². The van der Waals surface area contributed by atoms with Crippen molar-refractivity contribution in [3.05, 3.63) is 62.5 Å². The topological polar surface area (TPSA) is 45.8 Å². The van der Waals surface area contributed by atoms with Crippen LogP contribution in [0.25, 0.3) is 0 Å². The average Bonchev–Trinajstić information content (AvgIpc) is 2.30. The minimum atomic E-state index is -1.13. The van der Waals surface area contributed by atoms with Gasteiger partial charge in [0.1, 0.15) is 0 Å². The fourth-order valence-corrected chi connectivity index (χ4v) is 1.12. The molecular weight excluding hydrogens is 292 g/mol. The molecule has 0 bridgehead atoms. The highest BCUT2D eigenvalue weighted by atomic mass is 35.5. The van der Waals surface area contributed by atoms with Crippen LogP contribution in [0.3, 0.4) is 0 Å². The molecule has 2 aromatic heterocycles. The standard InChI is InChI=1S/C5H2ClF2N.C5H3ClFNO/c6-3-1-4(7)5(8)9-2-3;6-3-1-4(7)5(9)8-2-3/h1-2H;1-2H,(H,8,9). The highest BCUT2D eigenvalue weighted by Crippen LogP contribution is 2.09. The van der Waals surface area contributed by atoms with Crippen LogP contribution in [0.5, 0.6) is 0 Å². The summed E-state index contributed by atoms with van der Waals surface area (Å²) in [6, 6.07) is 1.82. The van der Waals surface area contributed by atoms with E-state index < -0.39 is 23.1 Å². The van der Waals surface area contributed by atoms with Crippen LogP contribution in [0, 0.1) is 17.6 Å². The van der Waals surface area contributed by atoms with Gasteiger partial charge in [-0.2, -0.15) is 4.39 Å². The number of hydrogen-bond donors (Lipinski definition) is 1. The maximum Gasteiger partial charge on any atom is 0.284 e. The van der Waals surface area contributed by atoms with Gasteiger partial charge in [0.25, 0.3) is 5.56 Å². The summed E-state index contributed by atoms with van der Waals surface area (Å²) in [7, 11) is 0. The molecule has 0 aliphatic heterocycles. The molecule has 0 radical (unpaired) electrons. The molecule has 1 N–H and O–H groups in total. The molecule has 0 amide bonds. The molecular formula is C10H5Cl2F3N2O. The van der Waals surface area contributed by atoms with Crippen molar-refractivity contribution in [3.8, 4) is 0 Å². The van der Waals surface area contributed by atoms with Gasteiger partial charge < -0.3 is 4.98 Å². The molecule has 0 unspecified atom stereocenters. The lowest BCUT2D eigenvalue weighted by Gasteiger charge is -1.89. The summed E-state index contributed by atoms with van der Waals surface area (Å²) in [4.78, 5) is 15.4. The van der Waals surface area contributed by atoms with Gasteiger partial charge in [-0.25, -0.2) is 13.8 Å². The molecule has 0 aliphatic carbocycles. The van der Waals surface area contributed by atoms with Crippen molar-refractivity contribution in [3.63, 3.8) is 0 Å². The second kappa shape index (κ2) is 6.42. The second-order valence-electron chi connectivity index (χ2n) is 2.92. The van der Waals surface area contributed by atoms with Crippen LogP contribution < -0.4 is 5.56 Å². The highest BCUT2D eigenvalue weighted by molar-refractivity contribution is 6.30. The highest BCUT2D eigenvalue weighted by Gasteiger charge is 2.00. The van der Waals surface area contributed by atoms with Crippen molar-refractivity contribution in [2.75, 3.05) is 0 Å². The Balaban J connectivity index is 0.000000180. The Morgan fingerprint density at radius 1 is 1.06 bits per heavy atom. The van der Waals surface area contributed by atoms with Crippen LogP contribution in [0.15, 0.2) is 29.3 Å². The summed E-state index contributed by atoms with van der Waals surface area (Å²) in [6.45, 7) is 0. The van der Waals surface area contributed by atoms with Gasteiger partial charge in [0.05, 0.1) is 10.0 Å². The summed E-state index contributed by atoms with van der Waals surface area (Å²) in [6.07, 6.45) is 2.27. The van der Waals surface area contributed by atoms with Gasteiger partial charge in [0, 0.05) is 12.4 Å². The van der Waals surface area contributed by atoms with Crippen molar-refractivity contribution in [2.45, 2.75) is 0 Å². The van der Waals surface area contributed by atoms with E-state index in [9.17, 15) is 18.0 Å². The van der Waals surface area contributed by atoms with Gasteiger partial charge in [-0.3, -0.25) is 4.79 Å². The van der Waals surface area contributed by atoms with Crippen molar-refractivity contribution < 1.29 is 13.2 Å². The van der Waals surface area contributed by atoms with Crippen LogP contribution >= 0.6 is 23.2 Å². The zero-order valence-corrected chi connectivity index (χ0v) is 10.1. The Kier molecular flexibility index (Phi) is 5.18. The molecule has 0 saturated heterocycles. The molecule has 2 rings (SSSR count). The van der Waals surface area contributed by atoms with E-state index in [0.29, 0.717) is 0 Å². The summed E-state index contributed by atoms with van der Waals surface area (Å²) < 4.78 is 36.2. The number of halogens is 5. The third-order valence-corrected chi connectivity index (χ3v) is 2.01. The second-order valence-corrected chi connectivity index (χ2v) is 3.79. The fourth-order valence-electron chi connectivity index (χ4n) is 0.830. The van der Waals surface area contributed by atoms with Gasteiger partial charge in [0.2, 0.25) is 5.95 Å². The SMILES string of the molecule is Fc1cc(Cl)cnc1F.O=c1[nH]cc(Cl)cc1F. The minimum Gasteiger partial charge on any atom is -0.325 e. The monoisotopic (exact) mass is 296 g/mol. The first-order chi connectivity index (χ1) is 8.40. The van der Waals surface area contributed by atoms with Gasteiger partial charge >= 0.3 is 0 Å². The Hall–Kier alpha value is -1.53. The zero-order valence-electron chi connectivity index (χ0n) is 8.55. The maximum atomic E-state index is 12.2. The summed E-state index contributed by atoms with van der Waals surface area (Å²) in [5.41, 5.74) is -0.751. The molecule has 96 valence electrons. The van der Waals surface area contributed by atoms with Crippen molar-refractivity contribution in [1.29, 1.82) is 0 Å². The lowest BCUT2D eigenvalue weighted by atomic mass is 10.5. The molecule has 2 heterocycles. The van der Waals surface area contributed by atoms with Gasteiger partial charge in [0.15, 0.2) is 11.6 Å². The molecule has 0 aromatic carbocycles. The van der Waals surface area contributed by atoms with E-state index in [2.05, 4.69) is 9.97 Å². The number of aromatic nitrogens is 2. The van der Waals surface area contributed by atoms with Crippen LogP contribution in [-0.2, 0) is 0 Å². The van der Waals surface area contributed by atoms with E-state index >= 15 is 0 Å². The summed E-state index contributed by atoms with van der Waals surface area (Å²) in [5.74, 6) is -3.01. The Morgan fingerprint density at radius 2 is 1.67 bits per heavy atom. The molecule has 18 heavy (non-hydrogen) atoms. The van der Waals surface area contributed by atoms with Crippen LogP contribution in [-0.4, -0.2) is 9.97 Å². The average molecular weight is 297 g/mol. The predicted molar refractivity (Wildman–Crippen MR) is 61.2 cm³/mol. The van der Waals surface area contributed by atoms with E-state index in [4.69, 9.17) is 23.2 Å². The fraction of sp³-hybridized carbons (Fsp3) is 0. The number of hydrogen-bond acceptors (Lipinski definition) is 2. The largest absolute Gasteiger partial charge is 0.325 e. The molecule has 2 aromatic rings. The molecule has 0 fully saturated rings. The third-order valence-electron chi connectivity index (χ3n) is 1.59. The Bertz CT molecular complexity index is 604. The van der Waals surface area contributed by atoms with Crippen molar-refractivity contribution >= 4 is 23.2 Å². The van der Waals surface area contributed by atoms with E-state index in [0.717, 1.165) is 18.3 Å². The van der Waals surface area contributed by atoms with E-state index in [-0.39, 0.29) is 10.0 Å². The molecule has 0 aliphatic rings. The quantitative estimate of drug-likeness (QED) is 0.759. The molecule has 3 nitrogen and oxygen atoms in total. The molecule has 0 atom stereocenters. The number of rotatable bonds is 0. The number of H-pyrrole nitrogens is 1. The maximum absolute atomic E-state index is 12.2. The number of nitrogens with zero attached hydrogens (tertiary/aromatic N) is 1. The Morgan fingerprint density at radius 3 is 2.11 bits per heavy atom. The third kappa shape index (κ3) is 4.38. The minimum absolute atomic E-state index is 0.0916. The first-order valence-corrected chi connectivity index (χ1v) is 5.16. The van der Waals surface area contributed by atoms with Gasteiger partial charge in [-0.15, -0.1) is 0 Å². The first-order valence-electron chi connectivity index (χ1n) is 4.40. The molecule has 8 heteroatoms. The van der Waals surface area contributed by atoms with Gasteiger partial charge in [-0.1, -0.05) is 23.2 Å². The first kappa shape index (κ1) is 14.5. The number of pyridine rings is 2. The van der Waals surface area contributed by atoms with Crippen molar-refractivity contribution in [1.82, 2.24) is 9.97 Å². The Labute approximate surface area is 109 Å². The van der Waals surface area contributed by atoms with Crippen LogP contribution in [0.2, 0.25) is 10.0 Å². The number of aromatic amines is 1. The lowest BCUT2D eigenvalue weighted by molar-refractivity contribution is 0.479. The zero-order chi connectivity index (χ0) is 13.7. The molecule has 0 spiro atoms. The molecule has 0 saturated carbocycles. The van der Waals surface area contributed by atoms with Crippen molar-refractivity contribution in [2.24, 2.45) is 0 Å². The number of nitrogens with one attached hydrogen (secondary N) is 1. The van der Waals surface area contributed by atoms with E-state index in [1.165, 1.54) is 6.20 Å². The summed E-state index contributed by atoms with van der Waals surface area (Å²) in [5, 5.41) is 0.279. The van der Waals surface area contributed by atoms with E-state index in [1.807, 2.05) is 0 Å².